The van der Waals surface area contributed by atoms with Crippen LogP contribution in [0.25, 0.3) is 0 Å². The fraction of sp³-hybridized carbons (Fsp3) is 0.300. The van der Waals surface area contributed by atoms with Crippen LogP contribution in [0.2, 0.25) is 0 Å². The molecule has 1 saturated heterocycles. The number of halogens is 1. The van der Waals surface area contributed by atoms with Crippen LogP contribution in [0.15, 0.2) is 24.3 Å². The van der Waals surface area contributed by atoms with Gasteiger partial charge in [-0.05, 0) is 17.7 Å². The van der Waals surface area contributed by atoms with Gasteiger partial charge in [0.15, 0.2) is 9.84 Å². The summed E-state index contributed by atoms with van der Waals surface area (Å²) in [6, 6.07) is 4.88. The number of hydrogen-bond donors (Lipinski definition) is 1. The lowest BCUT2D eigenvalue weighted by atomic mass is 9.99. The largest absolute Gasteiger partial charge is 0.481 e. The van der Waals surface area contributed by atoms with Crippen molar-refractivity contribution in [2.24, 2.45) is 5.92 Å². The zero-order valence-electron chi connectivity index (χ0n) is 8.13. The zero-order chi connectivity index (χ0) is 11.9. The molecule has 1 heterocycles. The molecule has 0 aliphatic carbocycles. The molecular formula is C10H9FO4S. The van der Waals surface area contributed by atoms with Gasteiger partial charge in [-0.25, -0.2) is 12.8 Å². The van der Waals surface area contributed by atoms with E-state index in [0.717, 1.165) is 12.1 Å². The number of benzene rings is 1. The predicted octanol–water partition coefficient (Wildman–Crippen LogP) is 0.996. The molecule has 0 radical (unpaired) electrons. The van der Waals surface area contributed by atoms with Crippen molar-refractivity contribution >= 4 is 15.8 Å². The number of carbonyl (C=O) groups is 1. The highest BCUT2D eigenvalue weighted by atomic mass is 32.2. The molecule has 6 heteroatoms. The summed E-state index contributed by atoms with van der Waals surface area (Å²) < 4.78 is 35.6. The molecule has 0 aromatic heterocycles. The predicted molar refractivity (Wildman–Crippen MR) is 54.1 cm³/mol. The van der Waals surface area contributed by atoms with Gasteiger partial charge in [0, 0.05) is 0 Å². The smallest absolute Gasteiger partial charge is 0.309 e. The maximum atomic E-state index is 12.7. The van der Waals surface area contributed by atoms with Crippen LogP contribution in [0.5, 0.6) is 0 Å². The Hall–Kier alpha value is -1.43. The van der Waals surface area contributed by atoms with E-state index < -0.39 is 32.8 Å². The van der Waals surface area contributed by atoms with Gasteiger partial charge >= 0.3 is 5.97 Å². The van der Waals surface area contributed by atoms with Gasteiger partial charge in [-0.2, -0.15) is 0 Å². The highest BCUT2D eigenvalue weighted by Gasteiger charge is 2.50. The number of carboxylic acids is 1. The van der Waals surface area contributed by atoms with E-state index in [1.54, 1.807) is 0 Å². The van der Waals surface area contributed by atoms with Crippen molar-refractivity contribution in [3.8, 4) is 0 Å². The molecule has 1 N–H and O–H groups in total. The van der Waals surface area contributed by atoms with Gasteiger partial charge < -0.3 is 5.11 Å². The van der Waals surface area contributed by atoms with Crippen molar-refractivity contribution in [2.75, 3.05) is 5.75 Å². The number of rotatable bonds is 2. The summed E-state index contributed by atoms with van der Waals surface area (Å²) in [6.45, 7) is 0. The first-order valence-electron chi connectivity index (χ1n) is 4.61. The van der Waals surface area contributed by atoms with E-state index in [1.165, 1.54) is 12.1 Å². The Morgan fingerprint density at radius 2 is 1.88 bits per heavy atom. The SMILES string of the molecule is O=C(O)C1CS(=O)(=O)C1c1ccc(F)cc1. The lowest BCUT2D eigenvalue weighted by Gasteiger charge is -2.33. The normalized spacial score (nSPS) is 27.1. The minimum atomic E-state index is -3.39. The molecule has 86 valence electrons. The number of carboxylic acid groups (broad SMARTS) is 1. The number of hydrogen-bond acceptors (Lipinski definition) is 3. The molecular weight excluding hydrogens is 235 g/mol. The lowest BCUT2D eigenvalue weighted by molar-refractivity contribution is -0.141. The van der Waals surface area contributed by atoms with Crippen LogP contribution in [0.4, 0.5) is 4.39 Å². The molecule has 2 atom stereocenters. The van der Waals surface area contributed by atoms with Gasteiger partial charge in [0.25, 0.3) is 0 Å². The van der Waals surface area contributed by atoms with E-state index >= 15 is 0 Å². The quantitative estimate of drug-likeness (QED) is 0.842. The van der Waals surface area contributed by atoms with Gasteiger partial charge in [-0.1, -0.05) is 12.1 Å². The summed E-state index contributed by atoms with van der Waals surface area (Å²) in [6.07, 6.45) is 0. The highest BCUT2D eigenvalue weighted by Crippen LogP contribution is 2.41. The third-order valence-corrected chi connectivity index (χ3v) is 4.88. The van der Waals surface area contributed by atoms with E-state index in [1.807, 2.05) is 0 Å². The molecule has 4 nitrogen and oxygen atoms in total. The first-order valence-corrected chi connectivity index (χ1v) is 6.33. The van der Waals surface area contributed by atoms with Crippen LogP contribution < -0.4 is 0 Å². The van der Waals surface area contributed by atoms with Crippen LogP contribution in [0.1, 0.15) is 10.8 Å². The second-order valence-electron chi connectivity index (χ2n) is 3.75. The minimum Gasteiger partial charge on any atom is -0.481 e. The molecule has 2 rings (SSSR count). The van der Waals surface area contributed by atoms with Gasteiger partial charge in [-0.3, -0.25) is 4.79 Å². The standard InChI is InChI=1S/C10H9FO4S/c11-7-3-1-6(2-4-7)9-8(10(12)13)5-16(9,14)15/h1-4,8-9H,5H2,(H,12,13). The third kappa shape index (κ3) is 1.69. The van der Waals surface area contributed by atoms with Crippen molar-refractivity contribution < 1.29 is 22.7 Å². The molecule has 2 unspecified atom stereocenters. The van der Waals surface area contributed by atoms with E-state index in [2.05, 4.69) is 0 Å². The van der Waals surface area contributed by atoms with Gasteiger partial charge in [0.05, 0.1) is 11.7 Å². The highest BCUT2D eigenvalue weighted by molar-refractivity contribution is 7.93. The van der Waals surface area contributed by atoms with Crippen LogP contribution in [-0.4, -0.2) is 25.2 Å². The first kappa shape index (κ1) is 11.1. The lowest BCUT2D eigenvalue weighted by Crippen LogP contribution is -2.44. The molecule has 1 aromatic carbocycles. The Bertz CT molecular complexity index is 520. The summed E-state index contributed by atoms with van der Waals surface area (Å²) >= 11 is 0. The maximum absolute atomic E-state index is 12.7. The topological polar surface area (TPSA) is 71.4 Å². The first-order chi connectivity index (χ1) is 7.42. The third-order valence-electron chi connectivity index (χ3n) is 2.68. The van der Waals surface area contributed by atoms with E-state index in [0.29, 0.717) is 5.56 Å². The average molecular weight is 244 g/mol. The van der Waals surface area contributed by atoms with Crippen LogP contribution >= 0.6 is 0 Å². The summed E-state index contributed by atoms with van der Waals surface area (Å²) in [5.74, 6) is -2.88. The van der Waals surface area contributed by atoms with E-state index in [4.69, 9.17) is 5.11 Å². The van der Waals surface area contributed by atoms with Crippen LogP contribution in [-0.2, 0) is 14.6 Å². The van der Waals surface area contributed by atoms with Crippen molar-refractivity contribution in [2.45, 2.75) is 5.25 Å². The van der Waals surface area contributed by atoms with Crippen molar-refractivity contribution in [1.82, 2.24) is 0 Å². The molecule has 0 spiro atoms. The zero-order valence-corrected chi connectivity index (χ0v) is 8.95. The summed E-state index contributed by atoms with van der Waals surface area (Å²) in [5.41, 5.74) is 0.333. The Labute approximate surface area is 91.6 Å². The van der Waals surface area contributed by atoms with Gasteiger partial charge in [0.2, 0.25) is 0 Å². The molecule has 1 fully saturated rings. The van der Waals surface area contributed by atoms with Gasteiger partial charge in [0.1, 0.15) is 11.1 Å². The monoisotopic (exact) mass is 244 g/mol. The van der Waals surface area contributed by atoms with E-state index in [-0.39, 0.29) is 5.75 Å². The Morgan fingerprint density at radius 1 is 1.31 bits per heavy atom. The van der Waals surface area contributed by atoms with Crippen molar-refractivity contribution in [1.29, 1.82) is 0 Å². The Morgan fingerprint density at radius 3 is 2.31 bits per heavy atom. The average Bonchev–Trinajstić information content (AvgIpc) is 2.18. The summed E-state index contributed by atoms with van der Waals surface area (Å²) in [5, 5.41) is 7.78. The van der Waals surface area contributed by atoms with Gasteiger partial charge in [-0.15, -0.1) is 0 Å². The maximum Gasteiger partial charge on any atom is 0.309 e. The molecule has 0 saturated carbocycles. The molecule has 1 aromatic rings. The van der Waals surface area contributed by atoms with E-state index in [9.17, 15) is 17.6 Å². The Kier molecular flexibility index (Phi) is 2.46. The number of aliphatic carboxylic acids is 1. The second kappa shape index (κ2) is 3.55. The van der Waals surface area contributed by atoms with Crippen molar-refractivity contribution in [3.63, 3.8) is 0 Å². The fourth-order valence-electron chi connectivity index (χ4n) is 1.86. The van der Waals surface area contributed by atoms with Crippen molar-refractivity contribution in [3.05, 3.63) is 35.6 Å². The fourth-order valence-corrected chi connectivity index (χ4v) is 3.83. The summed E-state index contributed by atoms with van der Waals surface area (Å²) in [4.78, 5) is 10.8. The van der Waals surface area contributed by atoms with Crippen LogP contribution in [0.3, 0.4) is 0 Å². The molecule has 16 heavy (non-hydrogen) atoms. The number of sulfone groups is 1. The molecule has 0 amide bonds. The molecule has 1 aliphatic rings. The molecule has 1 aliphatic heterocycles. The Balaban J connectivity index is 2.38. The minimum absolute atomic E-state index is 0.333. The summed E-state index contributed by atoms with van der Waals surface area (Å²) in [7, 11) is -3.39. The molecule has 0 bridgehead atoms. The second-order valence-corrected chi connectivity index (χ2v) is 5.91. The van der Waals surface area contributed by atoms with Crippen LogP contribution in [0, 0.1) is 11.7 Å².